The molecule has 0 bridgehead atoms. The van der Waals surface area contributed by atoms with E-state index in [1.54, 1.807) is 35.3 Å². The van der Waals surface area contributed by atoms with E-state index in [2.05, 4.69) is 21.3 Å². The number of carbonyl (C=O) groups excluding carboxylic acids is 1. The summed E-state index contributed by atoms with van der Waals surface area (Å²) in [5, 5.41) is 6.58. The molecule has 0 aliphatic carbocycles. The Balaban J connectivity index is 2.14. The van der Waals surface area contributed by atoms with Crippen LogP contribution in [0.2, 0.25) is 0 Å². The summed E-state index contributed by atoms with van der Waals surface area (Å²) in [5.41, 5.74) is 1.40. The highest BCUT2D eigenvalue weighted by Gasteiger charge is 2.04. The van der Waals surface area contributed by atoms with Crippen molar-refractivity contribution in [1.29, 1.82) is 0 Å². The molecule has 0 aliphatic rings. The van der Waals surface area contributed by atoms with Crippen LogP contribution in [0, 0.1) is 12.3 Å². The highest BCUT2D eigenvalue weighted by atomic mass is 16.1. The number of nitrogens with zero attached hydrogens (tertiary/aromatic N) is 3. The normalized spacial score (nSPS) is 9.59. The lowest BCUT2D eigenvalue weighted by Gasteiger charge is -2.03. The number of hydrogen-bond acceptors (Lipinski definition) is 3. The lowest BCUT2D eigenvalue weighted by Crippen LogP contribution is -2.23. The molecule has 1 heterocycles. The molecule has 1 amide bonds. The average molecular weight is 226 g/mol. The number of aromatic nitrogens is 3. The van der Waals surface area contributed by atoms with Crippen molar-refractivity contribution in [1.82, 2.24) is 20.1 Å². The second-order valence-electron chi connectivity index (χ2n) is 3.27. The number of nitrogens with one attached hydrogen (secondary N) is 1. The number of carbonyl (C=O) groups is 1. The quantitative estimate of drug-likeness (QED) is 0.781. The Morgan fingerprint density at radius 2 is 2.18 bits per heavy atom. The molecule has 0 aliphatic heterocycles. The van der Waals surface area contributed by atoms with Gasteiger partial charge in [-0.15, -0.1) is 6.42 Å². The van der Waals surface area contributed by atoms with E-state index in [-0.39, 0.29) is 12.5 Å². The molecule has 0 unspecified atom stereocenters. The van der Waals surface area contributed by atoms with Gasteiger partial charge in [0, 0.05) is 5.56 Å². The summed E-state index contributed by atoms with van der Waals surface area (Å²) in [6, 6.07) is 7.00. The first kappa shape index (κ1) is 10.9. The fourth-order valence-electron chi connectivity index (χ4n) is 1.34. The van der Waals surface area contributed by atoms with E-state index in [0.717, 1.165) is 5.69 Å². The van der Waals surface area contributed by atoms with Gasteiger partial charge in [-0.2, -0.15) is 5.10 Å². The van der Waals surface area contributed by atoms with Crippen LogP contribution in [0.1, 0.15) is 10.4 Å². The van der Waals surface area contributed by atoms with Gasteiger partial charge in [-0.1, -0.05) is 5.92 Å². The minimum Gasteiger partial charge on any atom is -0.341 e. The molecule has 1 N–H and O–H groups in total. The Labute approximate surface area is 98.5 Å². The topological polar surface area (TPSA) is 59.8 Å². The summed E-state index contributed by atoms with van der Waals surface area (Å²) in [4.78, 5) is 15.4. The van der Waals surface area contributed by atoms with Crippen LogP contribution in [0.25, 0.3) is 5.69 Å². The number of rotatable bonds is 3. The number of hydrogen-bond donors (Lipinski definition) is 1. The zero-order valence-corrected chi connectivity index (χ0v) is 9.00. The van der Waals surface area contributed by atoms with Gasteiger partial charge in [-0.25, -0.2) is 9.67 Å². The van der Waals surface area contributed by atoms with Crippen LogP contribution < -0.4 is 5.32 Å². The van der Waals surface area contributed by atoms with Crippen LogP contribution in [-0.2, 0) is 0 Å². The highest BCUT2D eigenvalue weighted by molar-refractivity contribution is 5.94. The third kappa shape index (κ3) is 2.49. The van der Waals surface area contributed by atoms with E-state index in [1.165, 1.54) is 6.33 Å². The van der Waals surface area contributed by atoms with E-state index >= 15 is 0 Å². The molecule has 2 rings (SSSR count). The Hall–Kier alpha value is -2.61. The molecule has 0 atom stereocenters. The Kier molecular flexibility index (Phi) is 3.17. The zero-order valence-electron chi connectivity index (χ0n) is 9.00. The van der Waals surface area contributed by atoms with Gasteiger partial charge >= 0.3 is 0 Å². The molecule has 0 spiro atoms. The SMILES string of the molecule is C#CCNC(=O)c1ccc(-n2cncn2)cc1. The van der Waals surface area contributed by atoms with Crippen molar-refractivity contribution in [3.8, 4) is 18.0 Å². The Morgan fingerprint density at radius 3 is 2.76 bits per heavy atom. The fraction of sp³-hybridized carbons (Fsp3) is 0.0833. The van der Waals surface area contributed by atoms with Crippen LogP contribution in [-0.4, -0.2) is 27.2 Å². The first-order valence-electron chi connectivity index (χ1n) is 4.98. The molecule has 0 saturated carbocycles. The minimum absolute atomic E-state index is 0.187. The van der Waals surface area contributed by atoms with Crippen LogP contribution in [0.4, 0.5) is 0 Å². The molecule has 2 aromatic rings. The Morgan fingerprint density at radius 1 is 1.41 bits per heavy atom. The molecule has 17 heavy (non-hydrogen) atoms. The average Bonchev–Trinajstić information content (AvgIpc) is 2.90. The van der Waals surface area contributed by atoms with Crippen LogP contribution >= 0.6 is 0 Å². The van der Waals surface area contributed by atoms with Crippen molar-refractivity contribution in [3.05, 3.63) is 42.5 Å². The zero-order chi connectivity index (χ0) is 12.1. The smallest absolute Gasteiger partial charge is 0.252 e. The second kappa shape index (κ2) is 4.94. The molecule has 0 radical (unpaired) electrons. The van der Waals surface area contributed by atoms with E-state index in [9.17, 15) is 4.79 Å². The lowest BCUT2D eigenvalue weighted by atomic mass is 10.2. The summed E-state index contributed by atoms with van der Waals surface area (Å²) in [6.45, 7) is 0.226. The summed E-state index contributed by atoms with van der Waals surface area (Å²) >= 11 is 0. The number of amides is 1. The summed E-state index contributed by atoms with van der Waals surface area (Å²) < 4.78 is 1.61. The standard InChI is InChI=1S/C12H10N4O/c1-2-7-14-12(17)10-3-5-11(6-4-10)16-9-13-8-15-16/h1,3-6,8-9H,7H2,(H,14,17). The van der Waals surface area contributed by atoms with E-state index in [1.807, 2.05) is 0 Å². The maximum Gasteiger partial charge on any atom is 0.252 e. The Bertz CT molecular complexity index is 537. The minimum atomic E-state index is -0.187. The van der Waals surface area contributed by atoms with E-state index in [0.29, 0.717) is 5.56 Å². The maximum atomic E-state index is 11.6. The van der Waals surface area contributed by atoms with Crippen molar-refractivity contribution < 1.29 is 4.79 Å². The van der Waals surface area contributed by atoms with Gasteiger partial charge in [0.15, 0.2) is 0 Å². The molecular weight excluding hydrogens is 216 g/mol. The van der Waals surface area contributed by atoms with Gasteiger partial charge in [0.05, 0.1) is 12.2 Å². The predicted molar refractivity (Wildman–Crippen MR) is 62.5 cm³/mol. The van der Waals surface area contributed by atoms with Crippen molar-refractivity contribution in [2.75, 3.05) is 6.54 Å². The van der Waals surface area contributed by atoms with Crippen LogP contribution in [0.15, 0.2) is 36.9 Å². The first-order valence-corrected chi connectivity index (χ1v) is 4.98. The molecule has 5 heteroatoms. The largest absolute Gasteiger partial charge is 0.341 e. The van der Waals surface area contributed by atoms with Gasteiger partial charge in [-0.05, 0) is 24.3 Å². The summed E-state index contributed by atoms with van der Waals surface area (Å²) in [5.74, 6) is 2.16. The third-order valence-electron chi connectivity index (χ3n) is 2.16. The number of benzene rings is 1. The highest BCUT2D eigenvalue weighted by Crippen LogP contribution is 2.07. The van der Waals surface area contributed by atoms with Gasteiger partial charge in [0.2, 0.25) is 0 Å². The van der Waals surface area contributed by atoms with Gasteiger partial charge in [0.25, 0.3) is 5.91 Å². The van der Waals surface area contributed by atoms with Crippen molar-refractivity contribution in [2.24, 2.45) is 0 Å². The summed E-state index contributed by atoms with van der Waals surface area (Å²) in [6.07, 6.45) is 8.10. The molecular formula is C12H10N4O. The van der Waals surface area contributed by atoms with Crippen molar-refractivity contribution in [2.45, 2.75) is 0 Å². The molecule has 1 aromatic heterocycles. The number of terminal acetylenes is 1. The van der Waals surface area contributed by atoms with E-state index < -0.39 is 0 Å². The molecule has 5 nitrogen and oxygen atoms in total. The van der Waals surface area contributed by atoms with Crippen molar-refractivity contribution >= 4 is 5.91 Å². The molecule has 0 saturated heterocycles. The predicted octanol–water partition coefficient (Wildman–Crippen LogP) is 0.630. The van der Waals surface area contributed by atoms with Gasteiger partial charge in [-0.3, -0.25) is 4.79 Å². The lowest BCUT2D eigenvalue weighted by molar-refractivity contribution is 0.0958. The molecule has 84 valence electrons. The van der Waals surface area contributed by atoms with Crippen LogP contribution in [0.5, 0.6) is 0 Å². The molecule has 0 fully saturated rings. The van der Waals surface area contributed by atoms with Crippen LogP contribution in [0.3, 0.4) is 0 Å². The third-order valence-corrected chi connectivity index (χ3v) is 2.16. The van der Waals surface area contributed by atoms with Crippen molar-refractivity contribution in [3.63, 3.8) is 0 Å². The second-order valence-corrected chi connectivity index (χ2v) is 3.27. The first-order chi connectivity index (χ1) is 8.31. The van der Waals surface area contributed by atoms with Gasteiger partial charge < -0.3 is 5.32 Å². The van der Waals surface area contributed by atoms with E-state index in [4.69, 9.17) is 6.42 Å². The molecule has 1 aromatic carbocycles. The maximum absolute atomic E-state index is 11.6. The fourth-order valence-corrected chi connectivity index (χ4v) is 1.34. The van der Waals surface area contributed by atoms with Gasteiger partial charge in [0.1, 0.15) is 12.7 Å². The monoisotopic (exact) mass is 226 g/mol. The summed E-state index contributed by atoms with van der Waals surface area (Å²) in [7, 11) is 0.